The van der Waals surface area contributed by atoms with Gasteiger partial charge in [0.2, 0.25) is 5.78 Å². The van der Waals surface area contributed by atoms with Gasteiger partial charge in [0, 0.05) is 17.8 Å². The Balaban J connectivity index is 1.81. The SMILES string of the molecule is CC(=O)OC(C(=O)c1ccoc1)[C@@]1(C)[C@H]2CCC[C@@H]3C(=O)O[C@H](C[C@@H]1C)[C@@]32C. The predicted octanol–water partition coefficient (Wildman–Crippen LogP) is 3.79. The summed E-state index contributed by atoms with van der Waals surface area (Å²) in [6.45, 7) is 7.60. The minimum Gasteiger partial charge on any atom is -0.472 e. The van der Waals surface area contributed by atoms with Crippen LogP contribution in [-0.2, 0) is 19.1 Å². The second kappa shape index (κ2) is 6.46. The van der Waals surface area contributed by atoms with Gasteiger partial charge in [-0.1, -0.05) is 27.2 Å². The monoisotopic (exact) mass is 388 g/mol. The smallest absolute Gasteiger partial charge is 0.309 e. The largest absolute Gasteiger partial charge is 0.472 e. The zero-order valence-electron chi connectivity index (χ0n) is 16.9. The first-order valence-electron chi connectivity index (χ1n) is 10.1. The Bertz CT molecular complexity index is 798. The molecule has 1 saturated heterocycles. The highest BCUT2D eigenvalue weighted by atomic mass is 16.6. The quantitative estimate of drug-likeness (QED) is 0.576. The Labute approximate surface area is 164 Å². The number of ether oxygens (including phenoxy) is 2. The maximum absolute atomic E-state index is 13.4. The average molecular weight is 388 g/mol. The third-order valence-electron chi connectivity index (χ3n) is 8.00. The number of rotatable bonds is 4. The van der Waals surface area contributed by atoms with Gasteiger partial charge >= 0.3 is 11.9 Å². The maximum atomic E-state index is 13.4. The van der Waals surface area contributed by atoms with Crippen LogP contribution in [0.15, 0.2) is 23.0 Å². The molecule has 6 nitrogen and oxygen atoms in total. The molecule has 4 rings (SSSR count). The summed E-state index contributed by atoms with van der Waals surface area (Å²) in [7, 11) is 0. The molecule has 2 heterocycles. The molecule has 0 bridgehead atoms. The Kier molecular flexibility index (Phi) is 4.43. The number of Topliss-reactive ketones (excluding diaryl/α,β-unsaturated/α-hetero) is 1. The fourth-order valence-electron chi connectivity index (χ4n) is 6.39. The average Bonchev–Trinajstić information content (AvgIpc) is 3.25. The zero-order valence-corrected chi connectivity index (χ0v) is 16.9. The van der Waals surface area contributed by atoms with E-state index in [1.165, 1.54) is 19.5 Å². The van der Waals surface area contributed by atoms with E-state index >= 15 is 0 Å². The van der Waals surface area contributed by atoms with Crippen LogP contribution in [0.1, 0.15) is 63.7 Å². The van der Waals surface area contributed by atoms with Crippen LogP contribution in [0.5, 0.6) is 0 Å². The number of hydrogen-bond acceptors (Lipinski definition) is 6. The van der Waals surface area contributed by atoms with Crippen molar-refractivity contribution in [1.82, 2.24) is 0 Å². The standard InChI is InChI=1S/C22H28O6/c1-12-10-17-22(4)15(20(25)28-17)6-5-7-16(22)21(12,3)19(27-13(2)23)18(24)14-8-9-26-11-14/h8-9,11-12,15-17,19H,5-7,10H2,1-4H3/t12-,15+,16+,17+,19?,21+,22-/m0/s1. The second-order valence-electron chi connectivity index (χ2n) is 9.20. The van der Waals surface area contributed by atoms with Gasteiger partial charge in [-0.15, -0.1) is 0 Å². The van der Waals surface area contributed by atoms with Gasteiger partial charge in [0.25, 0.3) is 0 Å². The van der Waals surface area contributed by atoms with Crippen LogP contribution in [0.3, 0.4) is 0 Å². The first kappa shape index (κ1) is 19.2. The van der Waals surface area contributed by atoms with Crippen molar-refractivity contribution in [2.75, 3.05) is 0 Å². The molecular weight excluding hydrogens is 360 g/mol. The van der Waals surface area contributed by atoms with E-state index in [1.54, 1.807) is 6.07 Å². The van der Waals surface area contributed by atoms with E-state index in [0.717, 1.165) is 19.3 Å². The minimum absolute atomic E-state index is 0.0409. The summed E-state index contributed by atoms with van der Waals surface area (Å²) >= 11 is 0. The minimum atomic E-state index is -0.921. The molecule has 2 saturated carbocycles. The van der Waals surface area contributed by atoms with E-state index < -0.39 is 17.5 Å². The Hall–Kier alpha value is -2.11. The van der Waals surface area contributed by atoms with E-state index in [0.29, 0.717) is 12.0 Å². The van der Waals surface area contributed by atoms with Crippen molar-refractivity contribution in [3.05, 3.63) is 24.2 Å². The molecule has 1 aromatic heterocycles. The fourth-order valence-corrected chi connectivity index (χ4v) is 6.39. The molecular formula is C22H28O6. The van der Waals surface area contributed by atoms with Gasteiger partial charge in [-0.2, -0.15) is 0 Å². The van der Waals surface area contributed by atoms with Gasteiger partial charge in [-0.05, 0) is 37.2 Å². The number of ketones is 1. The highest BCUT2D eigenvalue weighted by Crippen LogP contribution is 2.66. The fraction of sp³-hybridized carbons (Fsp3) is 0.682. The molecule has 3 fully saturated rings. The molecule has 6 heteroatoms. The first-order chi connectivity index (χ1) is 13.2. The van der Waals surface area contributed by atoms with Crippen molar-refractivity contribution < 1.29 is 28.3 Å². The number of furan rings is 1. The van der Waals surface area contributed by atoms with Crippen LogP contribution in [-0.4, -0.2) is 29.9 Å². The molecule has 3 aliphatic rings. The molecule has 1 unspecified atom stereocenters. The third-order valence-corrected chi connectivity index (χ3v) is 8.00. The summed E-state index contributed by atoms with van der Waals surface area (Å²) in [6, 6.07) is 1.60. The lowest BCUT2D eigenvalue weighted by Crippen LogP contribution is -2.62. The molecule has 1 aliphatic heterocycles. The Morgan fingerprint density at radius 1 is 1.29 bits per heavy atom. The van der Waals surface area contributed by atoms with E-state index in [-0.39, 0.29) is 41.0 Å². The molecule has 2 aliphatic carbocycles. The normalized spacial score (nSPS) is 40.4. The van der Waals surface area contributed by atoms with Crippen LogP contribution in [0, 0.1) is 28.6 Å². The van der Waals surface area contributed by atoms with Gasteiger partial charge in [0.1, 0.15) is 12.4 Å². The molecule has 28 heavy (non-hydrogen) atoms. The molecule has 0 N–H and O–H groups in total. The lowest BCUT2D eigenvalue weighted by molar-refractivity contribution is -0.184. The Morgan fingerprint density at radius 2 is 2.04 bits per heavy atom. The number of carbonyl (C=O) groups is 3. The lowest BCUT2D eigenvalue weighted by atomic mass is 9.43. The van der Waals surface area contributed by atoms with Gasteiger partial charge in [0.05, 0.1) is 17.7 Å². The van der Waals surface area contributed by atoms with Crippen LogP contribution in [0.4, 0.5) is 0 Å². The van der Waals surface area contributed by atoms with Crippen LogP contribution >= 0.6 is 0 Å². The molecule has 1 aromatic rings. The second-order valence-corrected chi connectivity index (χ2v) is 9.20. The van der Waals surface area contributed by atoms with Crippen molar-refractivity contribution in [2.45, 2.75) is 65.6 Å². The van der Waals surface area contributed by atoms with Crippen LogP contribution in [0.2, 0.25) is 0 Å². The molecule has 0 radical (unpaired) electrons. The van der Waals surface area contributed by atoms with Crippen molar-refractivity contribution in [2.24, 2.45) is 28.6 Å². The van der Waals surface area contributed by atoms with E-state index in [4.69, 9.17) is 13.9 Å². The number of hydrogen-bond donors (Lipinski definition) is 0. The summed E-state index contributed by atoms with van der Waals surface area (Å²) < 4.78 is 16.6. The molecule has 7 atom stereocenters. The van der Waals surface area contributed by atoms with Gasteiger partial charge in [-0.3, -0.25) is 14.4 Å². The summed E-state index contributed by atoms with van der Waals surface area (Å²) in [5.74, 6) is -0.898. The van der Waals surface area contributed by atoms with Crippen LogP contribution < -0.4 is 0 Å². The molecule has 152 valence electrons. The zero-order chi connectivity index (χ0) is 20.3. The van der Waals surface area contributed by atoms with Crippen molar-refractivity contribution in [3.8, 4) is 0 Å². The topological polar surface area (TPSA) is 82.8 Å². The summed E-state index contributed by atoms with van der Waals surface area (Å²) in [5.41, 5.74) is -0.540. The van der Waals surface area contributed by atoms with E-state index in [2.05, 4.69) is 20.8 Å². The highest BCUT2D eigenvalue weighted by molar-refractivity contribution is 6.00. The predicted molar refractivity (Wildman–Crippen MR) is 99.3 cm³/mol. The van der Waals surface area contributed by atoms with E-state index in [1.807, 2.05) is 0 Å². The third kappa shape index (κ3) is 2.49. The molecule has 0 aromatic carbocycles. The van der Waals surface area contributed by atoms with Crippen molar-refractivity contribution >= 4 is 17.7 Å². The van der Waals surface area contributed by atoms with Gasteiger partial charge < -0.3 is 13.9 Å². The van der Waals surface area contributed by atoms with Crippen molar-refractivity contribution in [1.29, 1.82) is 0 Å². The van der Waals surface area contributed by atoms with E-state index in [9.17, 15) is 14.4 Å². The molecule has 0 spiro atoms. The maximum Gasteiger partial charge on any atom is 0.309 e. The van der Waals surface area contributed by atoms with Gasteiger partial charge in [-0.25, -0.2) is 0 Å². The summed E-state index contributed by atoms with van der Waals surface area (Å²) in [4.78, 5) is 37.9. The Morgan fingerprint density at radius 3 is 2.68 bits per heavy atom. The lowest BCUT2D eigenvalue weighted by Gasteiger charge is -2.60. The van der Waals surface area contributed by atoms with Crippen molar-refractivity contribution in [3.63, 3.8) is 0 Å². The summed E-state index contributed by atoms with van der Waals surface area (Å²) in [5, 5.41) is 0. The van der Waals surface area contributed by atoms with Crippen LogP contribution in [0.25, 0.3) is 0 Å². The molecule has 0 amide bonds. The number of esters is 2. The number of carbonyl (C=O) groups excluding carboxylic acids is 3. The first-order valence-corrected chi connectivity index (χ1v) is 10.1. The highest BCUT2D eigenvalue weighted by Gasteiger charge is 2.69. The summed E-state index contributed by atoms with van der Waals surface area (Å²) in [6.07, 6.45) is 5.06. The van der Waals surface area contributed by atoms with Gasteiger partial charge in [0.15, 0.2) is 6.10 Å².